The van der Waals surface area contributed by atoms with Crippen LogP contribution in [0.4, 0.5) is 5.69 Å². The van der Waals surface area contributed by atoms with Crippen LogP contribution >= 0.6 is 0 Å². The Bertz CT molecular complexity index is 1120. The molecule has 7 nitrogen and oxygen atoms in total. The zero-order valence-electron chi connectivity index (χ0n) is 20.5. The molecule has 1 saturated carbocycles. The Morgan fingerprint density at radius 1 is 0.941 bits per heavy atom. The molecule has 1 fully saturated rings. The molecule has 2 aliphatic carbocycles. The van der Waals surface area contributed by atoms with Crippen LogP contribution in [0.2, 0.25) is 0 Å². The van der Waals surface area contributed by atoms with E-state index in [0.717, 1.165) is 35.1 Å². The van der Waals surface area contributed by atoms with Crippen molar-refractivity contribution in [3.8, 4) is 28.4 Å². The Morgan fingerprint density at radius 3 is 2.32 bits per heavy atom. The van der Waals surface area contributed by atoms with Crippen molar-refractivity contribution < 1.29 is 19.0 Å². The van der Waals surface area contributed by atoms with Gasteiger partial charge in [0.05, 0.1) is 33.1 Å². The van der Waals surface area contributed by atoms with Crippen molar-refractivity contribution in [2.24, 2.45) is 0 Å². The van der Waals surface area contributed by atoms with E-state index in [9.17, 15) is 9.59 Å². The standard InChI is InChI=1S/C27H34N2O5/c1-16(30)28-21-12-10-17-14-24(32-2)26(33-3)27(34-4)25(17)19-11-13-22(23(31)15-20(19)21)29-18-8-6-5-7-9-18/h11,13-15,18,21H,5-10,12H2,1-4H3,(H,28,30)(H,29,31)/t21-/m0/s1. The molecule has 0 unspecified atom stereocenters. The maximum atomic E-state index is 13.3. The highest BCUT2D eigenvalue weighted by Gasteiger charge is 2.29. The molecule has 2 aliphatic rings. The van der Waals surface area contributed by atoms with E-state index in [-0.39, 0.29) is 17.4 Å². The number of benzene rings is 1. The number of nitrogens with one attached hydrogen (secondary N) is 2. The van der Waals surface area contributed by atoms with Crippen molar-refractivity contribution in [1.82, 2.24) is 5.32 Å². The van der Waals surface area contributed by atoms with Gasteiger partial charge in [0.2, 0.25) is 17.1 Å². The van der Waals surface area contributed by atoms with E-state index < -0.39 is 0 Å². The van der Waals surface area contributed by atoms with E-state index in [1.807, 2.05) is 18.2 Å². The molecule has 34 heavy (non-hydrogen) atoms. The maximum absolute atomic E-state index is 13.3. The lowest BCUT2D eigenvalue weighted by Gasteiger charge is -2.23. The number of aryl methyl sites for hydroxylation is 1. The topological polar surface area (TPSA) is 85.9 Å². The average Bonchev–Trinajstić information content (AvgIpc) is 3.07. The van der Waals surface area contributed by atoms with Gasteiger partial charge in [0.1, 0.15) is 0 Å². The summed E-state index contributed by atoms with van der Waals surface area (Å²) in [5.74, 6) is 1.51. The van der Waals surface area contributed by atoms with Gasteiger partial charge in [0.25, 0.3) is 0 Å². The van der Waals surface area contributed by atoms with Gasteiger partial charge in [-0.25, -0.2) is 0 Å². The molecule has 182 valence electrons. The number of carbonyl (C=O) groups excluding carboxylic acids is 1. The minimum atomic E-state index is -0.302. The molecule has 7 heteroatoms. The minimum absolute atomic E-state index is 0.0786. The first-order valence-electron chi connectivity index (χ1n) is 12.0. The van der Waals surface area contributed by atoms with Crippen molar-refractivity contribution in [2.45, 2.75) is 64.0 Å². The summed E-state index contributed by atoms with van der Waals surface area (Å²) < 4.78 is 17.1. The number of amides is 1. The van der Waals surface area contributed by atoms with Gasteiger partial charge in [-0.1, -0.05) is 25.3 Å². The smallest absolute Gasteiger partial charge is 0.217 e. The summed E-state index contributed by atoms with van der Waals surface area (Å²) >= 11 is 0. The van der Waals surface area contributed by atoms with Crippen LogP contribution in [0, 0.1) is 0 Å². The van der Waals surface area contributed by atoms with Crippen molar-refractivity contribution in [3.05, 3.63) is 45.6 Å². The number of methoxy groups -OCH3 is 3. The fraction of sp³-hybridized carbons (Fsp3) is 0.481. The SMILES string of the molecule is COc1cc2c(c(OC)c1OC)-c1ccc(NC3CCCCC3)c(=O)cc1[C@@H](NC(C)=O)CC2. The van der Waals surface area contributed by atoms with Crippen molar-refractivity contribution in [2.75, 3.05) is 26.6 Å². The van der Waals surface area contributed by atoms with Gasteiger partial charge in [-0.15, -0.1) is 0 Å². The average molecular weight is 467 g/mol. The quantitative estimate of drug-likeness (QED) is 0.647. The van der Waals surface area contributed by atoms with Gasteiger partial charge >= 0.3 is 0 Å². The number of hydrogen-bond acceptors (Lipinski definition) is 6. The van der Waals surface area contributed by atoms with Crippen LogP contribution in [0.25, 0.3) is 11.1 Å². The largest absolute Gasteiger partial charge is 0.493 e. The van der Waals surface area contributed by atoms with E-state index in [2.05, 4.69) is 10.6 Å². The highest BCUT2D eigenvalue weighted by Crippen LogP contribution is 2.50. The first kappa shape index (κ1) is 23.9. The number of ether oxygens (including phenoxy) is 3. The van der Waals surface area contributed by atoms with Crippen LogP contribution in [-0.4, -0.2) is 33.3 Å². The Morgan fingerprint density at radius 2 is 1.68 bits per heavy atom. The molecule has 0 saturated heterocycles. The monoisotopic (exact) mass is 466 g/mol. The van der Waals surface area contributed by atoms with Crippen LogP contribution in [-0.2, 0) is 11.2 Å². The number of hydrogen-bond donors (Lipinski definition) is 2. The van der Waals surface area contributed by atoms with E-state index in [4.69, 9.17) is 14.2 Å². The lowest BCUT2D eigenvalue weighted by Crippen LogP contribution is -2.27. The van der Waals surface area contributed by atoms with Crippen LogP contribution in [0.3, 0.4) is 0 Å². The summed E-state index contributed by atoms with van der Waals surface area (Å²) in [6.07, 6.45) is 7.07. The zero-order valence-corrected chi connectivity index (χ0v) is 20.5. The molecule has 0 heterocycles. The van der Waals surface area contributed by atoms with Gasteiger partial charge in [0, 0.05) is 18.5 Å². The number of fused-ring (bicyclic) bond motifs is 3. The van der Waals surface area contributed by atoms with Crippen LogP contribution in [0.5, 0.6) is 17.2 Å². The Kier molecular flexibility index (Phi) is 7.29. The van der Waals surface area contributed by atoms with Crippen molar-refractivity contribution in [1.29, 1.82) is 0 Å². The molecule has 0 bridgehead atoms. The molecule has 4 rings (SSSR count). The Labute approximate surface area is 200 Å². The van der Waals surface area contributed by atoms with Crippen molar-refractivity contribution >= 4 is 11.6 Å². The second-order valence-corrected chi connectivity index (χ2v) is 9.08. The number of anilines is 1. The summed E-state index contributed by atoms with van der Waals surface area (Å²) in [4.78, 5) is 25.4. The molecule has 2 aromatic rings. The number of carbonyl (C=O) groups is 1. The molecular weight excluding hydrogens is 432 g/mol. The summed E-state index contributed by atoms with van der Waals surface area (Å²) in [5.41, 5.74) is 4.01. The third-order valence-corrected chi connectivity index (χ3v) is 6.88. The highest BCUT2D eigenvalue weighted by atomic mass is 16.5. The van der Waals surface area contributed by atoms with E-state index >= 15 is 0 Å². The summed E-state index contributed by atoms with van der Waals surface area (Å²) in [5, 5.41) is 6.53. The Balaban J connectivity index is 1.93. The molecule has 2 aromatic carbocycles. The van der Waals surface area contributed by atoms with Crippen LogP contribution < -0.4 is 30.3 Å². The van der Waals surface area contributed by atoms with Crippen molar-refractivity contribution in [3.63, 3.8) is 0 Å². The molecule has 1 atom stereocenters. The van der Waals surface area contributed by atoms with Gasteiger partial charge in [-0.3, -0.25) is 9.59 Å². The lowest BCUT2D eigenvalue weighted by atomic mass is 9.95. The van der Waals surface area contributed by atoms with E-state index in [0.29, 0.717) is 41.8 Å². The van der Waals surface area contributed by atoms with Gasteiger partial charge < -0.3 is 24.8 Å². The van der Waals surface area contributed by atoms with Gasteiger partial charge in [-0.05, 0) is 60.6 Å². The summed E-state index contributed by atoms with van der Waals surface area (Å²) in [6.45, 7) is 1.50. The third-order valence-electron chi connectivity index (χ3n) is 6.88. The van der Waals surface area contributed by atoms with Gasteiger partial charge in [0.15, 0.2) is 11.5 Å². The Hall–Kier alpha value is -3.22. The first-order chi connectivity index (χ1) is 16.5. The lowest BCUT2D eigenvalue weighted by molar-refractivity contribution is -0.119. The van der Waals surface area contributed by atoms with Gasteiger partial charge in [-0.2, -0.15) is 0 Å². The maximum Gasteiger partial charge on any atom is 0.217 e. The predicted octanol–water partition coefficient (Wildman–Crippen LogP) is 4.61. The molecule has 0 spiro atoms. The summed E-state index contributed by atoms with van der Waals surface area (Å²) in [7, 11) is 4.78. The van der Waals surface area contributed by atoms with E-state index in [1.165, 1.54) is 26.2 Å². The summed E-state index contributed by atoms with van der Waals surface area (Å²) in [6, 6.07) is 7.47. The molecule has 0 radical (unpaired) electrons. The third kappa shape index (κ3) is 4.69. The second kappa shape index (κ2) is 10.4. The molecule has 2 N–H and O–H groups in total. The normalized spacial score (nSPS) is 17.6. The van der Waals surface area contributed by atoms with Crippen LogP contribution in [0.15, 0.2) is 29.1 Å². The molecular formula is C27H34N2O5. The first-order valence-corrected chi connectivity index (χ1v) is 12.0. The predicted molar refractivity (Wildman–Crippen MR) is 133 cm³/mol. The fourth-order valence-corrected chi connectivity index (χ4v) is 5.29. The fourth-order valence-electron chi connectivity index (χ4n) is 5.29. The number of rotatable bonds is 6. The highest BCUT2D eigenvalue weighted by molar-refractivity contribution is 5.83. The minimum Gasteiger partial charge on any atom is -0.493 e. The van der Waals surface area contributed by atoms with Crippen LogP contribution in [0.1, 0.15) is 62.6 Å². The second-order valence-electron chi connectivity index (χ2n) is 9.08. The zero-order chi connectivity index (χ0) is 24.2. The molecule has 1 amide bonds. The van der Waals surface area contributed by atoms with E-state index in [1.54, 1.807) is 27.4 Å². The molecule has 0 aromatic heterocycles. The molecule has 0 aliphatic heterocycles.